The number of carbonyl (C=O) groups is 1. The number of hydrogen-bond acceptors (Lipinski definition) is 1. The molecule has 2 nitrogen and oxygen atoms in total. The van der Waals surface area contributed by atoms with Gasteiger partial charge in [0.15, 0.2) is 0 Å². The monoisotopic (exact) mass is 303 g/mol. The second kappa shape index (κ2) is 6.66. The van der Waals surface area contributed by atoms with E-state index >= 15 is 0 Å². The quantitative estimate of drug-likeness (QED) is 0.689. The number of fused-ring (bicyclic) bond motifs is 1. The molecule has 0 spiro atoms. The van der Waals surface area contributed by atoms with Crippen LogP contribution in [0.3, 0.4) is 0 Å². The Morgan fingerprint density at radius 1 is 0.913 bits per heavy atom. The predicted octanol–water partition coefficient (Wildman–Crippen LogP) is 4.60. The maximum absolute atomic E-state index is 12.6. The molecule has 1 amide bonds. The van der Waals surface area contributed by atoms with Crippen molar-refractivity contribution in [3.8, 4) is 0 Å². The third kappa shape index (κ3) is 3.42. The molecule has 2 heteroatoms. The Balaban J connectivity index is 1.74. The van der Waals surface area contributed by atoms with Crippen molar-refractivity contribution in [2.75, 3.05) is 7.05 Å². The first-order chi connectivity index (χ1) is 11.1. The average Bonchev–Trinajstić information content (AvgIpc) is 2.61. The van der Waals surface area contributed by atoms with Gasteiger partial charge in [-0.25, -0.2) is 0 Å². The van der Waals surface area contributed by atoms with Crippen molar-refractivity contribution in [1.29, 1.82) is 0 Å². The molecule has 3 aromatic rings. The molecule has 0 aromatic heterocycles. The number of nitrogens with zero attached hydrogens (tertiary/aromatic N) is 1. The van der Waals surface area contributed by atoms with Gasteiger partial charge in [-0.2, -0.15) is 0 Å². The molecule has 0 heterocycles. The summed E-state index contributed by atoms with van der Waals surface area (Å²) in [5.41, 5.74) is 2.21. The van der Waals surface area contributed by atoms with Gasteiger partial charge >= 0.3 is 0 Å². The minimum atomic E-state index is 0.0733. The molecule has 0 fully saturated rings. The van der Waals surface area contributed by atoms with E-state index in [-0.39, 0.29) is 11.9 Å². The Labute approximate surface area is 137 Å². The second-order valence-electron chi connectivity index (χ2n) is 5.95. The highest BCUT2D eigenvalue weighted by atomic mass is 16.2. The summed E-state index contributed by atoms with van der Waals surface area (Å²) in [6.45, 7) is 2.06. The zero-order chi connectivity index (χ0) is 16.2. The maximum Gasteiger partial charge on any atom is 0.227 e. The first-order valence-electron chi connectivity index (χ1n) is 7.93. The maximum atomic E-state index is 12.6. The molecular formula is C21H21NO. The van der Waals surface area contributed by atoms with Crippen molar-refractivity contribution in [3.05, 3.63) is 83.9 Å². The summed E-state index contributed by atoms with van der Waals surface area (Å²) in [6.07, 6.45) is 0.429. The van der Waals surface area contributed by atoms with Gasteiger partial charge < -0.3 is 4.90 Å². The van der Waals surface area contributed by atoms with Crippen LogP contribution in [0.15, 0.2) is 72.8 Å². The van der Waals surface area contributed by atoms with E-state index in [0.29, 0.717) is 6.42 Å². The van der Waals surface area contributed by atoms with Gasteiger partial charge in [0.1, 0.15) is 0 Å². The summed E-state index contributed by atoms with van der Waals surface area (Å²) >= 11 is 0. The summed E-state index contributed by atoms with van der Waals surface area (Å²) in [7, 11) is 1.88. The molecule has 0 saturated carbocycles. The van der Waals surface area contributed by atoms with Crippen LogP contribution in [0.25, 0.3) is 10.8 Å². The summed E-state index contributed by atoms with van der Waals surface area (Å²) < 4.78 is 0. The molecule has 0 bridgehead atoms. The molecule has 0 N–H and O–H groups in total. The van der Waals surface area contributed by atoms with Gasteiger partial charge in [-0.05, 0) is 28.8 Å². The molecule has 116 valence electrons. The third-order valence-corrected chi connectivity index (χ3v) is 4.43. The van der Waals surface area contributed by atoms with Crippen molar-refractivity contribution in [2.45, 2.75) is 19.4 Å². The SMILES string of the molecule is C[C@H](c1ccccc1)N(C)C(=O)Cc1ccc2ccccc2c1. The summed E-state index contributed by atoms with van der Waals surface area (Å²) in [5, 5.41) is 2.38. The molecule has 23 heavy (non-hydrogen) atoms. The van der Waals surface area contributed by atoms with Gasteiger partial charge in [0.05, 0.1) is 12.5 Å². The van der Waals surface area contributed by atoms with Gasteiger partial charge in [0.2, 0.25) is 5.91 Å². The van der Waals surface area contributed by atoms with Crippen LogP contribution in [0.1, 0.15) is 24.1 Å². The highest BCUT2D eigenvalue weighted by Gasteiger charge is 2.17. The number of rotatable bonds is 4. The molecule has 3 aromatic carbocycles. The molecule has 0 unspecified atom stereocenters. The van der Waals surface area contributed by atoms with Crippen LogP contribution in [0.5, 0.6) is 0 Å². The van der Waals surface area contributed by atoms with Gasteiger partial charge in [-0.15, -0.1) is 0 Å². The van der Waals surface area contributed by atoms with Crippen LogP contribution in [-0.4, -0.2) is 17.9 Å². The van der Waals surface area contributed by atoms with Crippen molar-refractivity contribution in [3.63, 3.8) is 0 Å². The number of hydrogen-bond donors (Lipinski definition) is 0. The average molecular weight is 303 g/mol. The number of benzene rings is 3. The van der Waals surface area contributed by atoms with Gasteiger partial charge in [-0.1, -0.05) is 72.8 Å². The largest absolute Gasteiger partial charge is 0.339 e. The van der Waals surface area contributed by atoms with Crippen molar-refractivity contribution >= 4 is 16.7 Å². The fraction of sp³-hybridized carbons (Fsp3) is 0.190. The van der Waals surface area contributed by atoms with Crippen LogP contribution in [0.4, 0.5) is 0 Å². The van der Waals surface area contributed by atoms with Crippen LogP contribution in [-0.2, 0) is 11.2 Å². The minimum Gasteiger partial charge on any atom is -0.339 e. The first-order valence-corrected chi connectivity index (χ1v) is 7.93. The van der Waals surface area contributed by atoms with Gasteiger partial charge in [-0.3, -0.25) is 4.79 Å². The lowest BCUT2D eigenvalue weighted by Crippen LogP contribution is -2.30. The molecule has 0 radical (unpaired) electrons. The summed E-state index contributed by atoms with van der Waals surface area (Å²) in [6, 6.07) is 24.7. The fourth-order valence-corrected chi connectivity index (χ4v) is 2.82. The van der Waals surface area contributed by atoms with Crippen LogP contribution >= 0.6 is 0 Å². The lowest BCUT2D eigenvalue weighted by atomic mass is 10.0. The van der Waals surface area contributed by atoms with E-state index in [1.807, 2.05) is 48.3 Å². The molecular weight excluding hydrogens is 282 g/mol. The van der Waals surface area contributed by atoms with Crippen LogP contribution in [0.2, 0.25) is 0 Å². The smallest absolute Gasteiger partial charge is 0.227 e. The lowest BCUT2D eigenvalue weighted by Gasteiger charge is -2.25. The normalized spacial score (nSPS) is 12.1. The van der Waals surface area contributed by atoms with Crippen molar-refractivity contribution < 1.29 is 4.79 Å². The van der Waals surface area contributed by atoms with Crippen LogP contribution in [0, 0.1) is 0 Å². The minimum absolute atomic E-state index is 0.0733. The Bertz CT molecular complexity index is 810. The van der Waals surface area contributed by atoms with E-state index in [2.05, 4.69) is 43.3 Å². The van der Waals surface area contributed by atoms with E-state index < -0.39 is 0 Å². The van der Waals surface area contributed by atoms with E-state index in [9.17, 15) is 4.79 Å². The summed E-state index contributed by atoms with van der Waals surface area (Å²) in [5.74, 6) is 0.136. The lowest BCUT2D eigenvalue weighted by molar-refractivity contribution is -0.131. The fourth-order valence-electron chi connectivity index (χ4n) is 2.82. The van der Waals surface area contributed by atoms with Gasteiger partial charge in [0.25, 0.3) is 0 Å². The standard InChI is InChI=1S/C21H21NO/c1-16(18-8-4-3-5-9-18)22(2)21(23)15-17-12-13-19-10-6-7-11-20(19)14-17/h3-14,16H,15H2,1-2H3/t16-/m1/s1. The number of amides is 1. The predicted molar refractivity (Wildman–Crippen MR) is 95.3 cm³/mol. The topological polar surface area (TPSA) is 20.3 Å². The molecule has 1 atom stereocenters. The molecule has 0 aliphatic heterocycles. The molecule has 0 aliphatic carbocycles. The Morgan fingerprint density at radius 3 is 2.30 bits per heavy atom. The van der Waals surface area contributed by atoms with Crippen LogP contribution < -0.4 is 0 Å². The second-order valence-corrected chi connectivity index (χ2v) is 5.95. The number of likely N-dealkylation sites (N-methyl/N-ethyl adjacent to an activating group) is 1. The Kier molecular flexibility index (Phi) is 4.42. The van der Waals surface area contributed by atoms with Crippen molar-refractivity contribution in [1.82, 2.24) is 4.90 Å². The van der Waals surface area contributed by atoms with E-state index in [1.165, 1.54) is 10.8 Å². The van der Waals surface area contributed by atoms with E-state index in [0.717, 1.165) is 11.1 Å². The van der Waals surface area contributed by atoms with E-state index in [4.69, 9.17) is 0 Å². The molecule has 3 rings (SSSR count). The summed E-state index contributed by atoms with van der Waals surface area (Å²) in [4.78, 5) is 14.4. The zero-order valence-electron chi connectivity index (χ0n) is 13.6. The zero-order valence-corrected chi connectivity index (χ0v) is 13.6. The molecule has 0 saturated heterocycles. The third-order valence-electron chi connectivity index (χ3n) is 4.43. The number of carbonyl (C=O) groups excluding carboxylic acids is 1. The van der Waals surface area contributed by atoms with Crippen molar-refractivity contribution in [2.24, 2.45) is 0 Å². The first kappa shape index (κ1) is 15.3. The van der Waals surface area contributed by atoms with E-state index in [1.54, 1.807) is 0 Å². The highest BCUT2D eigenvalue weighted by molar-refractivity contribution is 5.85. The van der Waals surface area contributed by atoms with Gasteiger partial charge in [0, 0.05) is 7.05 Å². The molecule has 0 aliphatic rings. The Morgan fingerprint density at radius 2 is 1.57 bits per heavy atom. The highest BCUT2D eigenvalue weighted by Crippen LogP contribution is 2.20. The Hall–Kier alpha value is -2.61.